The molecule has 4 amide bonds. The normalized spacial score (nSPS) is 21.2. The van der Waals surface area contributed by atoms with Gasteiger partial charge in [0, 0.05) is 12.8 Å². The van der Waals surface area contributed by atoms with Gasteiger partial charge < -0.3 is 14.2 Å². The highest BCUT2D eigenvalue weighted by molar-refractivity contribution is 7.96. The highest BCUT2D eigenvalue weighted by Gasteiger charge is 2.46. The Hall–Kier alpha value is -2.80. The number of nitrogens with zero attached hydrogens (tertiary/aromatic N) is 2. The van der Waals surface area contributed by atoms with E-state index in [4.69, 9.17) is 4.84 Å². The summed E-state index contributed by atoms with van der Waals surface area (Å²) in [6, 6.07) is 0. The zero-order chi connectivity index (χ0) is 25.2. The van der Waals surface area contributed by atoms with Crippen LogP contribution >= 0.6 is 0 Å². The molecular formula is C19H28N2O10S. The molecule has 2 heterocycles. The van der Waals surface area contributed by atoms with Crippen molar-refractivity contribution in [2.45, 2.75) is 66.1 Å². The van der Waals surface area contributed by atoms with Gasteiger partial charge in [-0.05, 0) is 47.4 Å². The smallest absolute Gasteiger partial charge is 0.330 e. The van der Waals surface area contributed by atoms with Gasteiger partial charge in [0.05, 0.1) is 27.1 Å². The minimum Gasteiger partial charge on any atom is -0.330 e. The van der Waals surface area contributed by atoms with E-state index in [1.807, 2.05) is 0 Å². The molecule has 2 atom stereocenters. The lowest BCUT2D eigenvalue weighted by molar-refractivity contribution is -0.203. The maximum Gasteiger partial charge on any atom is 0.338 e. The van der Waals surface area contributed by atoms with Crippen molar-refractivity contribution in [1.82, 2.24) is 10.1 Å². The maximum atomic E-state index is 11.7. The lowest BCUT2D eigenvalue weighted by Gasteiger charge is -2.20. The summed E-state index contributed by atoms with van der Waals surface area (Å²) >= 11 is 0. The summed E-state index contributed by atoms with van der Waals surface area (Å²) in [6.07, 6.45) is -0.248. The van der Waals surface area contributed by atoms with Crippen LogP contribution in [0.15, 0.2) is 0 Å². The molecule has 13 heteroatoms. The first-order valence-electron chi connectivity index (χ1n) is 9.52. The summed E-state index contributed by atoms with van der Waals surface area (Å²) < 4.78 is 20.5. The third-order valence-electron chi connectivity index (χ3n) is 4.09. The maximum absolute atomic E-state index is 11.7. The van der Waals surface area contributed by atoms with Crippen molar-refractivity contribution in [3.63, 3.8) is 0 Å². The highest BCUT2D eigenvalue weighted by atomic mass is 32.2. The molecule has 1 N–H and O–H groups in total. The Morgan fingerprint density at radius 3 is 1.56 bits per heavy atom. The van der Waals surface area contributed by atoms with Crippen molar-refractivity contribution in [3.8, 4) is 0 Å². The molecule has 2 unspecified atom stereocenters. The minimum atomic E-state index is -3.69. The molecule has 2 saturated heterocycles. The van der Waals surface area contributed by atoms with Gasteiger partial charge in [0.2, 0.25) is 0 Å². The van der Waals surface area contributed by atoms with Gasteiger partial charge in [-0.15, -0.1) is 10.1 Å². The monoisotopic (exact) mass is 476 g/mol. The molecular weight excluding hydrogens is 448 g/mol. The fourth-order valence-electron chi connectivity index (χ4n) is 2.06. The summed E-state index contributed by atoms with van der Waals surface area (Å²) in [5, 5.41) is -0.648. The molecule has 32 heavy (non-hydrogen) atoms. The van der Waals surface area contributed by atoms with Gasteiger partial charge in [0.25, 0.3) is 23.6 Å². The van der Waals surface area contributed by atoms with Crippen molar-refractivity contribution in [1.29, 1.82) is 0 Å². The van der Waals surface area contributed by atoms with E-state index in [-0.39, 0.29) is 17.9 Å². The number of hydroxylamine groups is 4. The molecule has 2 aliphatic heterocycles. The molecule has 0 aromatic rings. The van der Waals surface area contributed by atoms with E-state index in [2.05, 4.69) is 10.7 Å². The van der Waals surface area contributed by atoms with Crippen LogP contribution in [0.3, 0.4) is 0 Å². The minimum absolute atomic E-state index is 0.121. The second-order valence-corrected chi connectivity index (χ2v) is 11.2. The van der Waals surface area contributed by atoms with Gasteiger partial charge in [0.15, 0.2) is 0 Å². The summed E-state index contributed by atoms with van der Waals surface area (Å²) in [4.78, 5) is 77.5. The Balaban J connectivity index is 0.000000330. The van der Waals surface area contributed by atoms with E-state index in [1.165, 1.54) is 0 Å². The number of carbonyl (C=O) groups excluding carboxylic acids is 6. The molecule has 180 valence electrons. The Labute approximate surface area is 185 Å². The van der Waals surface area contributed by atoms with E-state index in [9.17, 15) is 37.5 Å². The average Bonchev–Trinajstić information content (AvgIpc) is 3.08. The summed E-state index contributed by atoms with van der Waals surface area (Å²) in [6.45, 7) is 9.61. The van der Waals surface area contributed by atoms with Crippen LogP contribution in [0.4, 0.5) is 0 Å². The predicted molar refractivity (Wildman–Crippen MR) is 110 cm³/mol. The number of hydrogen-bond acceptors (Lipinski definition) is 9. The van der Waals surface area contributed by atoms with Crippen molar-refractivity contribution in [2.24, 2.45) is 10.8 Å². The molecule has 0 saturated carbocycles. The summed E-state index contributed by atoms with van der Waals surface area (Å²) in [5.41, 5.74) is -1.62. The number of imide groups is 2. The predicted octanol–water partition coefficient (Wildman–Crippen LogP) is 0.447. The Morgan fingerprint density at radius 2 is 1.25 bits per heavy atom. The Kier molecular flexibility index (Phi) is 7.97. The van der Waals surface area contributed by atoms with Crippen LogP contribution < -0.4 is 0 Å². The molecule has 0 bridgehead atoms. The zero-order valence-electron chi connectivity index (χ0n) is 18.8. The van der Waals surface area contributed by atoms with E-state index in [1.54, 1.807) is 41.5 Å². The van der Waals surface area contributed by atoms with Crippen LogP contribution in [0.2, 0.25) is 0 Å². The van der Waals surface area contributed by atoms with Crippen LogP contribution in [0.5, 0.6) is 0 Å². The van der Waals surface area contributed by atoms with Gasteiger partial charge in [-0.25, -0.2) is 13.8 Å². The number of amides is 4. The lowest BCUT2D eigenvalue weighted by atomic mass is 9.98. The molecule has 2 fully saturated rings. The van der Waals surface area contributed by atoms with E-state index in [0.717, 1.165) is 0 Å². The first-order valence-corrected chi connectivity index (χ1v) is 11.3. The van der Waals surface area contributed by atoms with Crippen LogP contribution in [-0.2, 0) is 48.2 Å². The molecule has 2 aliphatic rings. The third kappa shape index (κ3) is 6.85. The zero-order valence-corrected chi connectivity index (χ0v) is 19.6. The molecule has 12 nitrogen and oxygen atoms in total. The van der Waals surface area contributed by atoms with Crippen LogP contribution in [0.1, 0.15) is 60.8 Å². The number of hydrogen-bond donors (Lipinski definition) is 1. The molecule has 0 aromatic heterocycles. The van der Waals surface area contributed by atoms with Crippen molar-refractivity contribution in [2.75, 3.05) is 0 Å². The SMILES string of the molecule is C=S(=O)(O)C1CC(=O)N(OC(=O)C(C)(C)C)C1=O.CC(C)(C)C(=O)ON1C(=O)CCC1=O. The van der Waals surface area contributed by atoms with Gasteiger partial charge in [0.1, 0.15) is 5.25 Å². The molecule has 2 rings (SSSR count). The fraction of sp³-hybridized carbons (Fsp3) is 0.632. The third-order valence-corrected chi connectivity index (χ3v) is 5.34. The van der Waals surface area contributed by atoms with Gasteiger partial charge in [-0.1, -0.05) is 0 Å². The van der Waals surface area contributed by atoms with Crippen molar-refractivity contribution >= 4 is 51.2 Å². The molecule has 0 radical (unpaired) electrons. The Bertz CT molecular complexity index is 924. The second kappa shape index (κ2) is 9.36. The van der Waals surface area contributed by atoms with E-state index >= 15 is 0 Å². The van der Waals surface area contributed by atoms with Crippen LogP contribution in [0, 0.1) is 10.8 Å². The summed E-state index contributed by atoms with van der Waals surface area (Å²) in [5.74, 6) is -1.16. The van der Waals surface area contributed by atoms with Gasteiger partial charge >= 0.3 is 11.9 Å². The van der Waals surface area contributed by atoms with Crippen LogP contribution in [-0.4, -0.2) is 65.6 Å². The van der Waals surface area contributed by atoms with Crippen LogP contribution in [0.25, 0.3) is 0 Å². The van der Waals surface area contributed by atoms with Crippen molar-refractivity contribution < 1.29 is 47.2 Å². The molecule has 0 aromatic carbocycles. The van der Waals surface area contributed by atoms with Gasteiger partial charge in [-0.3, -0.25) is 19.2 Å². The molecule has 0 aliphatic carbocycles. The lowest BCUT2D eigenvalue weighted by Crippen LogP contribution is -2.39. The second-order valence-electron chi connectivity index (χ2n) is 9.25. The topological polar surface area (TPSA) is 165 Å². The first-order chi connectivity index (χ1) is 14.3. The van der Waals surface area contributed by atoms with E-state index in [0.29, 0.717) is 5.06 Å². The first kappa shape index (κ1) is 27.2. The Morgan fingerprint density at radius 1 is 0.875 bits per heavy atom. The highest BCUT2D eigenvalue weighted by Crippen LogP contribution is 2.23. The number of rotatable bonds is 3. The quantitative estimate of drug-likeness (QED) is 0.446. The van der Waals surface area contributed by atoms with Gasteiger partial charge in [-0.2, -0.15) is 0 Å². The number of carbonyl (C=O) groups is 6. The largest absolute Gasteiger partial charge is 0.338 e. The standard InChI is InChI=1S/C10H15NO6S.C9H13NO4/c1-10(2,3)9(14)17-11-7(12)5-6(8(11)13)18(4,15)16;1-9(2,3)8(13)14-10-6(11)4-5-7(10)12/h6H,4-5H2,1-3H3,(H,15,16);4-5H2,1-3H3. The summed E-state index contributed by atoms with van der Waals surface area (Å²) in [7, 11) is -3.69. The average molecular weight is 477 g/mol. The van der Waals surface area contributed by atoms with Crippen molar-refractivity contribution in [3.05, 3.63) is 0 Å². The fourth-order valence-corrected chi connectivity index (χ4v) is 2.88. The van der Waals surface area contributed by atoms with E-state index < -0.39 is 67.9 Å². The molecule has 0 spiro atoms.